The quantitative estimate of drug-likeness (QED) is 0.900. The van der Waals surface area contributed by atoms with E-state index in [0.29, 0.717) is 6.54 Å². The van der Waals surface area contributed by atoms with Gasteiger partial charge in [0.15, 0.2) is 0 Å². The van der Waals surface area contributed by atoms with E-state index >= 15 is 0 Å². The molecular formula is C19H22ClNO3. The topological polar surface area (TPSA) is 49.8 Å². The van der Waals surface area contributed by atoms with E-state index < -0.39 is 5.97 Å². The van der Waals surface area contributed by atoms with Crippen LogP contribution in [0.15, 0.2) is 54.6 Å². The summed E-state index contributed by atoms with van der Waals surface area (Å²) in [5.74, 6) is -0.282. The Morgan fingerprint density at radius 1 is 1.12 bits per heavy atom. The highest BCUT2D eigenvalue weighted by Gasteiger charge is 2.38. The highest BCUT2D eigenvalue weighted by atomic mass is 35.5. The first-order valence-corrected chi connectivity index (χ1v) is 7.80. The van der Waals surface area contributed by atoms with Crippen LogP contribution in [0.2, 0.25) is 0 Å². The van der Waals surface area contributed by atoms with Gasteiger partial charge in [-0.1, -0.05) is 42.5 Å². The summed E-state index contributed by atoms with van der Waals surface area (Å²) in [4.78, 5) is 13.9. The number of nitrogens with zero attached hydrogens (tertiary/aromatic N) is 1. The molecule has 1 aliphatic heterocycles. The SMILES string of the molecule is COc1ccc([C@@H]2CN(Cc3ccccc3)C[C@H]2C(=O)O)cc1.Cl. The molecule has 1 heterocycles. The molecule has 0 amide bonds. The van der Waals surface area contributed by atoms with Gasteiger partial charge >= 0.3 is 5.97 Å². The third-order valence-electron chi connectivity index (χ3n) is 4.51. The van der Waals surface area contributed by atoms with Crippen LogP contribution >= 0.6 is 12.4 Å². The monoisotopic (exact) mass is 347 g/mol. The number of benzene rings is 2. The summed E-state index contributed by atoms with van der Waals surface area (Å²) in [6.07, 6.45) is 0. The maximum atomic E-state index is 11.7. The molecule has 0 aromatic heterocycles. The zero-order valence-electron chi connectivity index (χ0n) is 13.6. The van der Waals surface area contributed by atoms with Crippen LogP contribution in [-0.2, 0) is 11.3 Å². The number of aliphatic carboxylic acids is 1. The number of carbonyl (C=O) groups is 1. The summed E-state index contributed by atoms with van der Waals surface area (Å²) in [6.45, 7) is 2.14. The average Bonchev–Trinajstić information content (AvgIpc) is 3.00. The van der Waals surface area contributed by atoms with Crippen LogP contribution < -0.4 is 4.74 Å². The number of rotatable bonds is 5. The Kier molecular flexibility index (Phi) is 6.23. The second-order valence-corrected chi connectivity index (χ2v) is 6.00. The number of ether oxygens (including phenoxy) is 1. The van der Waals surface area contributed by atoms with Gasteiger partial charge in [0.05, 0.1) is 13.0 Å². The number of methoxy groups -OCH3 is 1. The van der Waals surface area contributed by atoms with Crippen molar-refractivity contribution >= 4 is 18.4 Å². The molecule has 24 heavy (non-hydrogen) atoms. The highest BCUT2D eigenvalue weighted by molar-refractivity contribution is 5.85. The first kappa shape index (κ1) is 18.3. The Morgan fingerprint density at radius 3 is 2.38 bits per heavy atom. The van der Waals surface area contributed by atoms with Gasteiger partial charge in [-0.3, -0.25) is 9.69 Å². The van der Waals surface area contributed by atoms with E-state index in [-0.39, 0.29) is 24.2 Å². The van der Waals surface area contributed by atoms with Crippen LogP contribution in [0.5, 0.6) is 5.75 Å². The van der Waals surface area contributed by atoms with Gasteiger partial charge in [0, 0.05) is 25.6 Å². The van der Waals surface area contributed by atoms with Gasteiger partial charge < -0.3 is 9.84 Å². The third-order valence-corrected chi connectivity index (χ3v) is 4.51. The van der Waals surface area contributed by atoms with Crippen molar-refractivity contribution in [1.82, 2.24) is 4.90 Å². The van der Waals surface area contributed by atoms with Crippen LogP contribution in [0.3, 0.4) is 0 Å². The average molecular weight is 348 g/mol. The van der Waals surface area contributed by atoms with E-state index in [4.69, 9.17) is 4.74 Å². The van der Waals surface area contributed by atoms with Crippen molar-refractivity contribution in [2.45, 2.75) is 12.5 Å². The summed E-state index contributed by atoms with van der Waals surface area (Å²) in [7, 11) is 1.63. The Hall–Kier alpha value is -2.04. The molecule has 1 N–H and O–H groups in total. The van der Waals surface area contributed by atoms with E-state index in [1.807, 2.05) is 42.5 Å². The third kappa shape index (κ3) is 4.08. The van der Waals surface area contributed by atoms with Crippen molar-refractivity contribution in [2.75, 3.05) is 20.2 Å². The first-order chi connectivity index (χ1) is 11.2. The summed E-state index contributed by atoms with van der Waals surface area (Å²) in [5, 5.41) is 9.58. The zero-order valence-corrected chi connectivity index (χ0v) is 14.4. The molecule has 1 fully saturated rings. The second kappa shape index (κ2) is 8.18. The summed E-state index contributed by atoms with van der Waals surface area (Å²) in [5.41, 5.74) is 2.28. The molecule has 3 rings (SSSR count). The van der Waals surface area contributed by atoms with Crippen LogP contribution in [0.1, 0.15) is 17.0 Å². The molecule has 4 nitrogen and oxygen atoms in total. The van der Waals surface area contributed by atoms with E-state index in [1.165, 1.54) is 5.56 Å². The molecule has 2 aromatic carbocycles. The number of carboxylic acids is 1. The van der Waals surface area contributed by atoms with Crippen molar-refractivity contribution in [3.05, 3.63) is 65.7 Å². The van der Waals surface area contributed by atoms with Crippen molar-refractivity contribution in [3.63, 3.8) is 0 Å². The highest BCUT2D eigenvalue weighted by Crippen LogP contribution is 2.34. The maximum Gasteiger partial charge on any atom is 0.308 e. The predicted molar refractivity (Wildman–Crippen MR) is 95.8 cm³/mol. The molecule has 5 heteroatoms. The molecule has 2 atom stereocenters. The molecule has 0 bridgehead atoms. The van der Waals surface area contributed by atoms with Gasteiger partial charge in [0.25, 0.3) is 0 Å². The predicted octanol–water partition coefficient (Wildman–Crippen LogP) is 3.42. The fraction of sp³-hybridized carbons (Fsp3) is 0.316. The van der Waals surface area contributed by atoms with Crippen LogP contribution in [-0.4, -0.2) is 36.2 Å². The summed E-state index contributed by atoms with van der Waals surface area (Å²) in [6, 6.07) is 17.9. The molecule has 1 aliphatic rings. The largest absolute Gasteiger partial charge is 0.497 e. The van der Waals surface area contributed by atoms with Crippen molar-refractivity contribution in [3.8, 4) is 5.75 Å². The van der Waals surface area contributed by atoms with Crippen LogP contribution in [0, 0.1) is 5.92 Å². The van der Waals surface area contributed by atoms with Gasteiger partial charge in [0.2, 0.25) is 0 Å². The van der Waals surface area contributed by atoms with Gasteiger partial charge in [-0.15, -0.1) is 12.4 Å². The normalized spacial score (nSPS) is 20.4. The minimum Gasteiger partial charge on any atom is -0.497 e. The summed E-state index contributed by atoms with van der Waals surface area (Å²) < 4.78 is 5.18. The molecule has 2 aromatic rings. The molecular weight excluding hydrogens is 326 g/mol. The van der Waals surface area contributed by atoms with Gasteiger partial charge in [-0.25, -0.2) is 0 Å². The van der Waals surface area contributed by atoms with Crippen LogP contribution in [0.4, 0.5) is 0 Å². The molecule has 0 radical (unpaired) electrons. The van der Waals surface area contributed by atoms with Gasteiger partial charge in [-0.05, 0) is 23.3 Å². The Bertz CT molecular complexity index is 660. The number of likely N-dealkylation sites (tertiary alicyclic amines) is 1. The Morgan fingerprint density at radius 2 is 1.79 bits per heavy atom. The standard InChI is InChI=1S/C19H21NO3.ClH/c1-23-16-9-7-15(8-10-16)17-12-20(13-18(17)19(21)22)11-14-5-3-2-4-6-14;/h2-10,17-18H,11-13H2,1H3,(H,21,22);1H/t17-,18+;/m0./s1. The molecule has 0 spiro atoms. The van der Waals surface area contributed by atoms with E-state index in [0.717, 1.165) is 24.4 Å². The summed E-state index contributed by atoms with van der Waals surface area (Å²) >= 11 is 0. The first-order valence-electron chi connectivity index (χ1n) is 7.80. The molecule has 0 aliphatic carbocycles. The van der Waals surface area contributed by atoms with Crippen molar-refractivity contribution in [1.29, 1.82) is 0 Å². The lowest BCUT2D eigenvalue weighted by atomic mass is 9.89. The molecule has 0 saturated carbocycles. The lowest BCUT2D eigenvalue weighted by molar-refractivity contribution is -0.141. The van der Waals surface area contributed by atoms with Crippen molar-refractivity contribution < 1.29 is 14.6 Å². The number of hydrogen-bond acceptors (Lipinski definition) is 3. The van der Waals surface area contributed by atoms with Crippen molar-refractivity contribution in [2.24, 2.45) is 5.92 Å². The van der Waals surface area contributed by atoms with Gasteiger partial charge in [-0.2, -0.15) is 0 Å². The Labute approximate surface area is 148 Å². The fourth-order valence-corrected chi connectivity index (χ4v) is 3.30. The number of carboxylic acid groups (broad SMARTS) is 1. The molecule has 128 valence electrons. The molecule has 1 saturated heterocycles. The zero-order chi connectivity index (χ0) is 16.2. The van der Waals surface area contributed by atoms with Gasteiger partial charge in [0.1, 0.15) is 5.75 Å². The van der Waals surface area contributed by atoms with E-state index in [1.54, 1.807) is 7.11 Å². The number of halogens is 1. The fourth-order valence-electron chi connectivity index (χ4n) is 3.30. The smallest absolute Gasteiger partial charge is 0.308 e. The maximum absolute atomic E-state index is 11.7. The van der Waals surface area contributed by atoms with Crippen LogP contribution in [0.25, 0.3) is 0 Å². The van der Waals surface area contributed by atoms with E-state index in [2.05, 4.69) is 17.0 Å². The lowest BCUT2D eigenvalue weighted by Crippen LogP contribution is -2.23. The molecule has 0 unspecified atom stereocenters. The lowest BCUT2D eigenvalue weighted by Gasteiger charge is -2.16. The van der Waals surface area contributed by atoms with E-state index in [9.17, 15) is 9.90 Å². The number of hydrogen-bond donors (Lipinski definition) is 1. The minimum atomic E-state index is -0.721. The Balaban J connectivity index is 0.00000208. The second-order valence-electron chi connectivity index (χ2n) is 6.00. The minimum absolute atomic E-state index is 0.